The van der Waals surface area contributed by atoms with Crippen LogP contribution in [0.5, 0.6) is 0 Å². The van der Waals surface area contributed by atoms with Crippen LogP contribution in [0.4, 0.5) is 0 Å². The van der Waals surface area contributed by atoms with Crippen molar-refractivity contribution >= 4 is 17.7 Å². The van der Waals surface area contributed by atoms with Crippen LogP contribution in [0.2, 0.25) is 0 Å². The molecule has 0 saturated heterocycles. The van der Waals surface area contributed by atoms with E-state index in [-0.39, 0.29) is 17.7 Å². The number of amides is 1. The number of nitrogens with one attached hydrogen (secondary N) is 1. The molecular formula is C22H24N4OS. The molecule has 2 aromatic carbocycles. The lowest BCUT2D eigenvalue weighted by Crippen LogP contribution is -2.37. The Labute approximate surface area is 170 Å². The number of aromatic nitrogens is 3. The van der Waals surface area contributed by atoms with Gasteiger partial charge in [0.05, 0.1) is 5.75 Å². The van der Waals surface area contributed by atoms with E-state index in [0.29, 0.717) is 11.1 Å². The standard InChI is InChI=1S/C22H24N4OS/c1-15(2)16(3)23-19(27)14-28-22-24-20(17-10-6-4-7-11-17)21(25-26-22)18-12-8-5-9-13-18/h4-13,15-16H,14H2,1-3H3,(H,23,27)/t16-/m0/s1. The fraction of sp³-hybridized carbons (Fsp3) is 0.273. The molecule has 0 aliphatic heterocycles. The first-order valence-corrected chi connectivity index (χ1v) is 10.3. The highest BCUT2D eigenvalue weighted by molar-refractivity contribution is 7.99. The second-order valence-corrected chi connectivity index (χ2v) is 7.86. The van der Waals surface area contributed by atoms with Gasteiger partial charge in [-0.3, -0.25) is 4.79 Å². The average Bonchev–Trinajstić information content (AvgIpc) is 2.73. The summed E-state index contributed by atoms with van der Waals surface area (Å²) in [5, 5.41) is 12.2. The molecule has 144 valence electrons. The Kier molecular flexibility index (Phi) is 6.76. The van der Waals surface area contributed by atoms with E-state index in [2.05, 4.69) is 29.4 Å². The van der Waals surface area contributed by atoms with Gasteiger partial charge in [0.25, 0.3) is 0 Å². The van der Waals surface area contributed by atoms with E-state index < -0.39 is 0 Å². The summed E-state index contributed by atoms with van der Waals surface area (Å²) in [5.41, 5.74) is 3.42. The first-order valence-electron chi connectivity index (χ1n) is 9.32. The maximum atomic E-state index is 12.2. The quantitative estimate of drug-likeness (QED) is 0.601. The third-order valence-electron chi connectivity index (χ3n) is 4.48. The van der Waals surface area contributed by atoms with E-state index in [4.69, 9.17) is 4.98 Å². The predicted octanol–water partition coefficient (Wildman–Crippen LogP) is 4.46. The van der Waals surface area contributed by atoms with Crippen molar-refractivity contribution in [1.29, 1.82) is 0 Å². The van der Waals surface area contributed by atoms with Gasteiger partial charge in [-0.25, -0.2) is 4.98 Å². The molecule has 1 atom stereocenters. The van der Waals surface area contributed by atoms with Crippen LogP contribution >= 0.6 is 11.8 Å². The number of carbonyl (C=O) groups is 1. The molecule has 1 N–H and O–H groups in total. The summed E-state index contributed by atoms with van der Waals surface area (Å²) in [5.74, 6) is 0.627. The Morgan fingerprint density at radius 3 is 2.04 bits per heavy atom. The van der Waals surface area contributed by atoms with Crippen molar-refractivity contribution in [3.63, 3.8) is 0 Å². The summed E-state index contributed by atoms with van der Waals surface area (Å²) in [6.07, 6.45) is 0. The van der Waals surface area contributed by atoms with E-state index in [1.165, 1.54) is 11.8 Å². The van der Waals surface area contributed by atoms with Gasteiger partial charge in [0.15, 0.2) is 0 Å². The van der Waals surface area contributed by atoms with E-state index >= 15 is 0 Å². The molecule has 28 heavy (non-hydrogen) atoms. The van der Waals surface area contributed by atoms with Crippen molar-refractivity contribution in [2.45, 2.75) is 32.0 Å². The highest BCUT2D eigenvalue weighted by atomic mass is 32.2. The van der Waals surface area contributed by atoms with E-state index in [0.717, 1.165) is 22.5 Å². The molecule has 6 heteroatoms. The van der Waals surface area contributed by atoms with Crippen molar-refractivity contribution in [1.82, 2.24) is 20.5 Å². The maximum Gasteiger partial charge on any atom is 0.230 e. The summed E-state index contributed by atoms with van der Waals surface area (Å²) in [7, 11) is 0. The summed E-state index contributed by atoms with van der Waals surface area (Å²) in [4.78, 5) is 16.9. The van der Waals surface area contributed by atoms with Crippen LogP contribution in [-0.4, -0.2) is 32.9 Å². The second kappa shape index (κ2) is 9.46. The predicted molar refractivity (Wildman–Crippen MR) is 114 cm³/mol. The summed E-state index contributed by atoms with van der Waals surface area (Å²) >= 11 is 1.30. The Hall–Kier alpha value is -2.73. The van der Waals surface area contributed by atoms with Crippen LogP contribution in [-0.2, 0) is 4.79 Å². The summed E-state index contributed by atoms with van der Waals surface area (Å²) in [6.45, 7) is 6.17. The zero-order chi connectivity index (χ0) is 19.9. The number of benzene rings is 2. The van der Waals surface area contributed by atoms with E-state index in [1.807, 2.05) is 67.6 Å². The Balaban J connectivity index is 1.84. The van der Waals surface area contributed by atoms with Gasteiger partial charge in [-0.1, -0.05) is 86.3 Å². The number of carbonyl (C=O) groups excluding carboxylic acids is 1. The number of nitrogens with zero attached hydrogens (tertiary/aromatic N) is 3. The molecule has 0 radical (unpaired) electrons. The van der Waals surface area contributed by atoms with Gasteiger partial charge in [-0.05, 0) is 12.8 Å². The molecule has 0 fully saturated rings. The average molecular weight is 393 g/mol. The first-order chi connectivity index (χ1) is 13.5. The Morgan fingerprint density at radius 1 is 0.893 bits per heavy atom. The van der Waals surface area contributed by atoms with Crippen LogP contribution in [0.25, 0.3) is 22.5 Å². The third kappa shape index (κ3) is 5.16. The van der Waals surface area contributed by atoms with Crippen LogP contribution in [0.1, 0.15) is 20.8 Å². The molecule has 0 aliphatic rings. The van der Waals surface area contributed by atoms with Crippen molar-refractivity contribution in [3.8, 4) is 22.5 Å². The van der Waals surface area contributed by atoms with Gasteiger partial charge in [0.2, 0.25) is 11.1 Å². The van der Waals surface area contributed by atoms with Crippen LogP contribution in [0, 0.1) is 5.92 Å². The lowest BCUT2D eigenvalue weighted by Gasteiger charge is -2.17. The fourth-order valence-electron chi connectivity index (χ4n) is 2.55. The molecule has 1 heterocycles. The maximum absolute atomic E-state index is 12.2. The van der Waals surface area contributed by atoms with Crippen molar-refractivity contribution in [2.24, 2.45) is 5.92 Å². The van der Waals surface area contributed by atoms with Gasteiger partial charge in [-0.15, -0.1) is 10.2 Å². The topological polar surface area (TPSA) is 67.8 Å². The van der Waals surface area contributed by atoms with Crippen LogP contribution in [0.3, 0.4) is 0 Å². The summed E-state index contributed by atoms with van der Waals surface area (Å²) < 4.78 is 0. The molecule has 0 saturated carbocycles. The lowest BCUT2D eigenvalue weighted by atomic mass is 10.0. The van der Waals surface area contributed by atoms with Gasteiger partial charge < -0.3 is 5.32 Å². The first kappa shape index (κ1) is 20.0. The van der Waals surface area contributed by atoms with Crippen LogP contribution < -0.4 is 5.32 Å². The number of thioether (sulfide) groups is 1. The zero-order valence-electron chi connectivity index (χ0n) is 16.3. The lowest BCUT2D eigenvalue weighted by molar-refractivity contribution is -0.119. The minimum atomic E-state index is -0.0248. The fourth-order valence-corrected chi connectivity index (χ4v) is 3.15. The molecule has 0 unspecified atom stereocenters. The molecule has 0 bridgehead atoms. The highest BCUT2D eigenvalue weighted by Crippen LogP contribution is 2.29. The zero-order valence-corrected chi connectivity index (χ0v) is 17.1. The molecule has 0 aliphatic carbocycles. The van der Waals surface area contributed by atoms with E-state index in [1.54, 1.807) is 0 Å². The van der Waals surface area contributed by atoms with Crippen molar-refractivity contribution in [2.75, 3.05) is 5.75 Å². The molecular weight excluding hydrogens is 368 g/mol. The Morgan fingerprint density at radius 2 is 1.46 bits per heavy atom. The smallest absolute Gasteiger partial charge is 0.230 e. The van der Waals surface area contributed by atoms with Gasteiger partial charge >= 0.3 is 0 Å². The van der Waals surface area contributed by atoms with Crippen molar-refractivity contribution in [3.05, 3.63) is 60.7 Å². The van der Waals surface area contributed by atoms with Gasteiger partial charge in [0, 0.05) is 17.2 Å². The monoisotopic (exact) mass is 392 g/mol. The molecule has 1 amide bonds. The second-order valence-electron chi connectivity index (χ2n) is 6.91. The molecule has 3 rings (SSSR count). The normalized spacial score (nSPS) is 12.0. The number of hydrogen-bond acceptors (Lipinski definition) is 5. The minimum absolute atomic E-state index is 0.0248. The highest BCUT2D eigenvalue weighted by Gasteiger charge is 2.15. The largest absolute Gasteiger partial charge is 0.353 e. The van der Waals surface area contributed by atoms with Crippen LogP contribution in [0.15, 0.2) is 65.8 Å². The third-order valence-corrected chi connectivity index (χ3v) is 5.32. The van der Waals surface area contributed by atoms with E-state index in [9.17, 15) is 4.79 Å². The molecule has 3 aromatic rings. The Bertz CT molecular complexity index is 916. The number of hydrogen-bond donors (Lipinski definition) is 1. The molecule has 1 aromatic heterocycles. The van der Waals surface area contributed by atoms with Gasteiger partial charge in [-0.2, -0.15) is 0 Å². The molecule has 5 nitrogen and oxygen atoms in total. The number of rotatable bonds is 7. The van der Waals surface area contributed by atoms with Crippen molar-refractivity contribution < 1.29 is 4.79 Å². The van der Waals surface area contributed by atoms with Gasteiger partial charge in [0.1, 0.15) is 11.4 Å². The molecule has 0 spiro atoms. The summed E-state index contributed by atoms with van der Waals surface area (Å²) in [6, 6.07) is 19.9. The SMILES string of the molecule is CC(C)[C@H](C)NC(=O)CSc1nnc(-c2ccccc2)c(-c2ccccc2)n1. The minimum Gasteiger partial charge on any atom is -0.353 e.